The van der Waals surface area contributed by atoms with Crippen LogP contribution < -0.4 is 4.74 Å². The quantitative estimate of drug-likeness (QED) is 0.368. The van der Waals surface area contributed by atoms with E-state index in [-0.39, 0.29) is 17.6 Å². The Morgan fingerprint density at radius 2 is 1.61 bits per heavy atom. The molecule has 156 valence electrons. The van der Waals surface area contributed by atoms with E-state index >= 15 is 0 Å². The van der Waals surface area contributed by atoms with Gasteiger partial charge in [-0.25, -0.2) is 4.39 Å². The lowest BCUT2D eigenvalue weighted by Gasteiger charge is -2.37. The number of carbonyl (C=O) groups is 1. The van der Waals surface area contributed by atoms with Gasteiger partial charge in [-0.15, -0.1) is 0 Å². The van der Waals surface area contributed by atoms with Crippen molar-refractivity contribution in [2.45, 2.75) is 90.9 Å². The van der Waals surface area contributed by atoms with Gasteiger partial charge in [0.2, 0.25) is 0 Å². The number of ether oxygens (including phenoxy) is 1. The largest absolute Gasteiger partial charge is 0.423 e. The van der Waals surface area contributed by atoms with Gasteiger partial charge in [0.25, 0.3) is 0 Å². The van der Waals surface area contributed by atoms with E-state index in [4.69, 9.17) is 4.74 Å². The summed E-state index contributed by atoms with van der Waals surface area (Å²) in [5.74, 6) is 1.93. The molecule has 0 saturated heterocycles. The molecule has 2 fully saturated rings. The molecule has 0 heterocycles. The summed E-state index contributed by atoms with van der Waals surface area (Å²) >= 11 is 0. The maximum Gasteiger partial charge on any atom is 0.314 e. The second kappa shape index (κ2) is 10.4. The average molecular weight is 389 g/mol. The Bertz CT molecular complexity index is 625. The van der Waals surface area contributed by atoms with Crippen LogP contribution in [0.4, 0.5) is 4.39 Å². The van der Waals surface area contributed by atoms with E-state index in [1.54, 1.807) is 6.07 Å². The number of carbonyl (C=O) groups excluding carboxylic acids is 1. The Labute approximate surface area is 170 Å². The van der Waals surface area contributed by atoms with Gasteiger partial charge in [-0.1, -0.05) is 52.0 Å². The third kappa shape index (κ3) is 5.58. The van der Waals surface area contributed by atoms with E-state index in [1.165, 1.54) is 44.6 Å². The first-order valence-corrected chi connectivity index (χ1v) is 11.6. The second-order valence-corrected chi connectivity index (χ2v) is 9.12. The molecule has 0 spiro atoms. The van der Waals surface area contributed by atoms with E-state index in [0.717, 1.165) is 61.8 Å². The number of benzene rings is 1. The Balaban J connectivity index is 1.45. The highest BCUT2D eigenvalue weighted by Gasteiger charge is 2.33. The van der Waals surface area contributed by atoms with Crippen molar-refractivity contribution >= 4 is 5.97 Å². The standard InChI is InChI=1S/C25H37FO2/c1-3-5-18-7-10-20(11-8-18)21-12-14-22(15-13-21)25(27)28-24-16-9-19(6-4-2)17-23(24)26/h9,16-18,20-22H,3-8,10-15H2,1-2H3/t18-,20-,21?,22?. The molecule has 0 atom stereocenters. The number of halogens is 1. The van der Waals surface area contributed by atoms with Crippen LogP contribution in [0.5, 0.6) is 5.75 Å². The van der Waals surface area contributed by atoms with Crippen LogP contribution in [0.25, 0.3) is 0 Å². The minimum atomic E-state index is -0.420. The molecule has 0 radical (unpaired) electrons. The number of aryl methyl sites for hydroxylation is 1. The zero-order valence-electron chi connectivity index (χ0n) is 17.7. The topological polar surface area (TPSA) is 26.3 Å². The molecule has 28 heavy (non-hydrogen) atoms. The van der Waals surface area contributed by atoms with Crippen LogP contribution in [-0.4, -0.2) is 5.97 Å². The molecular weight excluding hydrogens is 351 g/mol. The molecule has 0 amide bonds. The van der Waals surface area contributed by atoms with Gasteiger partial charge in [0, 0.05) is 0 Å². The van der Waals surface area contributed by atoms with Gasteiger partial charge in [0.05, 0.1) is 5.92 Å². The molecule has 0 bridgehead atoms. The molecule has 1 aromatic rings. The fourth-order valence-corrected chi connectivity index (χ4v) is 5.45. The molecule has 3 heteroatoms. The number of hydrogen-bond acceptors (Lipinski definition) is 2. The molecule has 0 aromatic heterocycles. The van der Waals surface area contributed by atoms with E-state index in [2.05, 4.69) is 13.8 Å². The molecule has 1 aromatic carbocycles. The minimum absolute atomic E-state index is 0.0672. The van der Waals surface area contributed by atoms with Gasteiger partial charge in [0.1, 0.15) is 0 Å². The van der Waals surface area contributed by atoms with Crippen LogP contribution in [0.3, 0.4) is 0 Å². The van der Waals surface area contributed by atoms with Gasteiger partial charge in [-0.05, 0) is 80.4 Å². The highest BCUT2D eigenvalue weighted by atomic mass is 19.1. The van der Waals surface area contributed by atoms with Crippen LogP contribution in [0, 0.1) is 29.5 Å². The van der Waals surface area contributed by atoms with Gasteiger partial charge in [0.15, 0.2) is 11.6 Å². The molecule has 0 unspecified atom stereocenters. The molecule has 0 N–H and O–H groups in total. The van der Waals surface area contributed by atoms with Crippen LogP contribution in [0.2, 0.25) is 0 Å². The zero-order valence-corrected chi connectivity index (χ0v) is 17.7. The summed E-state index contributed by atoms with van der Waals surface area (Å²) in [4.78, 5) is 12.5. The Kier molecular flexibility index (Phi) is 7.93. The first kappa shape index (κ1) is 21.3. The van der Waals surface area contributed by atoms with Crippen molar-refractivity contribution in [1.29, 1.82) is 0 Å². The van der Waals surface area contributed by atoms with E-state index in [9.17, 15) is 9.18 Å². The summed E-state index contributed by atoms with van der Waals surface area (Å²) in [6.45, 7) is 4.36. The molecule has 3 rings (SSSR count). The van der Waals surface area contributed by atoms with Crippen molar-refractivity contribution in [2.24, 2.45) is 23.7 Å². The summed E-state index contributed by atoms with van der Waals surface area (Å²) in [7, 11) is 0. The minimum Gasteiger partial charge on any atom is -0.423 e. The maximum atomic E-state index is 14.2. The summed E-state index contributed by atoms with van der Waals surface area (Å²) in [6, 6.07) is 4.97. The number of esters is 1. The lowest BCUT2D eigenvalue weighted by atomic mass is 9.69. The molecular formula is C25H37FO2. The fraction of sp³-hybridized carbons (Fsp3) is 0.720. The summed E-state index contributed by atoms with van der Waals surface area (Å²) in [5, 5.41) is 0. The van der Waals surface area contributed by atoms with Crippen molar-refractivity contribution in [3.63, 3.8) is 0 Å². The van der Waals surface area contributed by atoms with Crippen LogP contribution in [0.15, 0.2) is 18.2 Å². The first-order chi connectivity index (χ1) is 13.6. The summed E-state index contributed by atoms with van der Waals surface area (Å²) in [5.41, 5.74) is 0.953. The van der Waals surface area contributed by atoms with Gasteiger partial charge >= 0.3 is 5.97 Å². The molecule has 2 aliphatic rings. The first-order valence-electron chi connectivity index (χ1n) is 11.6. The van der Waals surface area contributed by atoms with Crippen LogP contribution in [0.1, 0.15) is 90.0 Å². The molecule has 2 nitrogen and oxygen atoms in total. The normalized spacial score (nSPS) is 28.1. The monoisotopic (exact) mass is 388 g/mol. The highest BCUT2D eigenvalue weighted by Crippen LogP contribution is 2.42. The SMILES string of the molecule is CCCc1ccc(OC(=O)C2CCC([C@H]3CC[C@H](CCC)CC3)CC2)c(F)c1. The van der Waals surface area contributed by atoms with Crippen molar-refractivity contribution < 1.29 is 13.9 Å². The Hall–Kier alpha value is -1.38. The average Bonchev–Trinajstić information content (AvgIpc) is 2.71. The fourth-order valence-electron chi connectivity index (χ4n) is 5.45. The molecule has 0 aliphatic heterocycles. The smallest absolute Gasteiger partial charge is 0.314 e. The lowest BCUT2D eigenvalue weighted by molar-refractivity contribution is -0.140. The lowest BCUT2D eigenvalue weighted by Crippen LogP contribution is -2.30. The van der Waals surface area contributed by atoms with Gasteiger partial charge < -0.3 is 4.74 Å². The predicted octanol–water partition coefficient (Wildman–Crippen LogP) is 7.10. The van der Waals surface area contributed by atoms with Crippen molar-refractivity contribution in [1.82, 2.24) is 0 Å². The number of hydrogen-bond donors (Lipinski definition) is 0. The van der Waals surface area contributed by atoms with Gasteiger partial charge in [-0.2, -0.15) is 0 Å². The second-order valence-electron chi connectivity index (χ2n) is 9.12. The maximum absolute atomic E-state index is 14.2. The van der Waals surface area contributed by atoms with E-state index in [1.807, 2.05) is 6.07 Å². The van der Waals surface area contributed by atoms with Crippen molar-refractivity contribution in [3.05, 3.63) is 29.6 Å². The van der Waals surface area contributed by atoms with Crippen LogP contribution >= 0.6 is 0 Å². The van der Waals surface area contributed by atoms with Crippen LogP contribution in [-0.2, 0) is 11.2 Å². The molecule has 2 aliphatic carbocycles. The van der Waals surface area contributed by atoms with Gasteiger partial charge in [-0.3, -0.25) is 4.79 Å². The Morgan fingerprint density at radius 1 is 0.964 bits per heavy atom. The summed E-state index contributed by atoms with van der Waals surface area (Å²) in [6.07, 6.45) is 14.1. The van der Waals surface area contributed by atoms with Crippen molar-refractivity contribution in [2.75, 3.05) is 0 Å². The van der Waals surface area contributed by atoms with Crippen molar-refractivity contribution in [3.8, 4) is 5.75 Å². The zero-order chi connectivity index (χ0) is 19.9. The third-order valence-corrected chi connectivity index (χ3v) is 7.11. The number of rotatable bonds is 7. The molecule has 2 saturated carbocycles. The van der Waals surface area contributed by atoms with E-state index < -0.39 is 5.82 Å². The highest BCUT2D eigenvalue weighted by molar-refractivity contribution is 5.75. The van der Waals surface area contributed by atoms with E-state index in [0.29, 0.717) is 0 Å². The summed E-state index contributed by atoms with van der Waals surface area (Å²) < 4.78 is 19.6. The predicted molar refractivity (Wildman–Crippen MR) is 112 cm³/mol. The Morgan fingerprint density at radius 3 is 2.18 bits per heavy atom. The third-order valence-electron chi connectivity index (χ3n) is 7.11.